The van der Waals surface area contributed by atoms with Crippen LogP contribution >= 0.6 is 12.4 Å². The molecular formula is C13H24ClN3O. The molecule has 1 aromatic heterocycles. The molecule has 0 bridgehead atoms. The lowest BCUT2D eigenvalue weighted by Crippen LogP contribution is -2.27. The lowest BCUT2D eigenvalue weighted by molar-refractivity contribution is 0.109. The summed E-state index contributed by atoms with van der Waals surface area (Å²) in [6, 6.07) is 2.57. The van der Waals surface area contributed by atoms with Gasteiger partial charge in [0.15, 0.2) is 0 Å². The van der Waals surface area contributed by atoms with Gasteiger partial charge in [0.1, 0.15) is 0 Å². The highest BCUT2D eigenvalue weighted by Gasteiger charge is 2.15. The molecule has 0 amide bonds. The Morgan fingerprint density at radius 1 is 1.61 bits per heavy atom. The Bertz CT molecular complexity index is 337. The quantitative estimate of drug-likeness (QED) is 0.866. The summed E-state index contributed by atoms with van der Waals surface area (Å²) in [5.74, 6) is 0. The molecule has 0 aliphatic carbocycles. The zero-order valence-corrected chi connectivity index (χ0v) is 12.1. The van der Waals surface area contributed by atoms with Crippen LogP contribution < -0.4 is 5.32 Å². The van der Waals surface area contributed by atoms with Crippen LogP contribution in [-0.2, 0) is 11.3 Å². The minimum absolute atomic E-state index is 0. The molecule has 0 aromatic carbocycles. The highest BCUT2D eigenvalue weighted by atomic mass is 35.5. The van der Waals surface area contributed by atoms with Crippen molar-refractivity contribution in [1.29, 1.82) is 0 Å². The Morgan fingerprint density at radius 3 is 3.11 bits per heavy atom. The van der Waals surface area contributed by atoms with Crippen molar-refractivity contribution < 1.29 is 4.74 Å². The smallest absolute Gasteiger partial charge is 0.0700 e. The summed E-state index contributed by atoms with van der Waals surface area (Å²) in [7, 11) is 0. The fourth-order valence-electron chi connectivity index (χ4n) is 2.22. The number of hydrogen-bond acceptors (Lipinski definition) is 3. The van der Waals surface area contributed by atoms with Gasteiger partial charge in [-0.15, -0.1) is 12.4 Å². The van der Waals surface area contributed by atoms with E-state index in [1.165, 1.54) is 18.5 Å². The molecule has 2 rings (SSSR count). The third-order valence-electron chi connectivity index (χ3n) is 3.46. The Balaban J connectivity index is 0.00000162. The van der Waals surface area contributed by atoms with E-state index in [1.807, 2.05) is 6.20 Å². The SMILES string of the molecule is CCC(C)n1nccc1CNCC1CCCO1.Cl. The summed E-state index contributed by atoms with van der Waals surface area (Å²) < 4.78 is 7.70. The van der Waals surface area contributed by atoms with Crippen molar-refractivity contribution in [2.75, 3.05) is 13.2 Å². The van der Waals surface area contributed by atoms with Crippen LogP contribution in [0.1, 0.15) is 44.8 Å². The fraction of sp³-hybridized carbons (Fsp3) is 0.769. The van der Waals surface area contributed by atoms with Gasteiger partial charge in [0.05, 0.1) is 11.8 Å². The lowest BCUT2D eigenvalue weighted by Gasteiger charge is -2.15. The standard InChI is InChI=1S/C13H23N3O.ClH/c1-3-11(2)16-12(6-7-15-16)9-14-10-13-5-4-8-17-13;/h6-7,11,13-14H,3-5,8-10H2,1-2H3;1H. The fourth-order valence-corrected chi connectivity index (χ4v) is 2.22. The molecule has 0 radical (unpaired) electrons. The first-order chi connectivity index (χ1) is 8.31. The van der Waals surface area contributed by atoms with E-state index in [0.29, 0.717) is 12.1 Å². The maximum atomic E-state index is 5.59. The molecule has 18 heavy (non-hydrogen) atoms. The second-order valence-electron chi connectivity index (χ2n) is 4.79. The van der Waals surface area contributed by atoms with E-state index in [9.17, 15) is 0 Å². The van der Waals surface area contributed by atoms with Crippen LogP contribution in [0, 0.1) is 0 Å². The van der Waals surface area contributed by atoms with Crippen LogP contribution in [0.2, 0.25) is 0 Å². The van der Waals surface area contributed by atoms with E-state index in [1.54, 1.807) is 0 Å². The summed E-state index contributed by atoms with van der Waals surface area (Å²) >= 11 is 0. The van der Waals surface area contributed by atoms with Crippen molar-refractivity contribution in [1.82, 2.24) is 15.1 Å². The average molecular weight is 274 g/mol. The first-order valence-electron chi connectivity index (χ1n) is 6.66. The normalized spacial score (nSPS) is 20.7. The number of ether oxygens (including phenoxy) is 1. The van der Waals surface area contributed by atoms with E-state index >= 15 is 0 Å². The van der Waals surface area contributed by atoms with Crippen molar-refractivity contribution in [3.63, 3.8) is 0 Å². The molecule has 1 saturated heterocycles. The number of aromatic nitrogens is 2. The summed E-state index contributed by atoms with van der Waals surface area (Å²) in [4.78, 5) is 0. The monoisotopic (exact) mass is 273 g/mol. The number of hydrogen-bond donors (Lipinski definition) is 1. The summed E-state index contributed by atoms with van der Waals surface area (Å²) in [6.07, 6.45) is 5.81. The average Bonchev–Trinajstić information content (AvgIpc) is 2.99. The predicted molar refractivity (Wildman–Crippen MR) is 75.2 cm³/mol. The minimum atomic E-state index is 0. The predicted octanol–water partition coefficient (Wildman–Crippen LogP) is 2.54. The van der Waals surface area contributed by atoms with Gasteiger partial charge in [-0.2, -0.15) is 5.10 Å². The summed E-state index contributed by atoms with van der Waals surface area (Å²) in [6.45, 7) is 7.15. The number of nitrogens with one attached hydrogen (secondary N) is 1. The highest BCUT2D eigenvalue weighted by Crippen LogP contribution is 2.13. The van der Waals surface area contributed by atoms with Crippen LogP contribution in [-0.4, -0.2) is 29.0 Å². The van der Waals surface area contributed by atoms with Crippen molar-refractivity contribution in [3.8, 4) is 0 Å². The van der Waals surface area contributed by atoms with Gasteiger partial charge in [-0.1, -0.05) is 6.92 Å². The maximum absolute atomic E-state index is 5.59. The van der Waals surface area contributed by atoms with Crippen molar-refractivity contribution >= 4 is 12.4 Å². The first kappa shape index (κ1) is 15.5. The van der Waals surface area contributed by atoms with E-state index in [0.717, 1.165) is 26.1 Å². The largest absolute Gasteiger partial charge is 0.377 e. The molecule has 1 fully saturated rings. The van der Waals surface area contributed by atoms with Crippen molar-refractivity contribution in [2.24, 2.45) is 0 Å². The first-order valence-corrected chi connectivity index (χ1v) is 6.66. The van der Waals surface area contributed by atoms with Crippen LogP contribution in [0.3, 0.4) is 0 Å². The molecule has 5 heteroatoms. The van der Waals surface area contributed by atoms with Gasteiger partial charge in [0.25, 0.3) is 0 Å². The van der Waals surface area contributed by atoms with Gasteiger partial charge >= 0.3 is 0 Å². The van der Waals surface area contributed by atoms with Crippen LogP contribution in [0.25, 0.3) is 0 Å². The maximum Gasteiger partial charge on any atom is 0.0700 e. The zero-order valence-electron chi connectivity index (χ0n) is 11.3. The molecule has 0 spiro atoms. The molecule has 2 heterocycles. The van der Waals surface area contributed by atoms with Crippen LogP contribution in [0.15, 0.2) is 12.3 Å². The minimum Gasteiger partial charge on any atom is -0.377 e. The molecule has 4 nitrogen and oxygen atoms in total. The van der Waals surface area contributed by atoms with Crippen molar-refractivity contribution in [2.45, 2.75) is 51.8 Å². The summed E-state index contributed by atoms with van der Waals surface area (Å²) in [5.41, 5.74) is 1.26. The number of halogens is 1. The van der Waals surface area contributed by atoms with E-state index in [4.69, 9.17) is 4.74 Å². The molecular weight excluding hydrogens is 250 g/mol. The van der Waals surface area contributed by atoms with Gasteiger partial charge in [0.2, 0.25) is 0 Å². The van der Waals surface area contributed by atoms with Crippen LogP contribution in [0.4, 0.5) is 0 Å². The third kappa shape index (κ3) is 3.97. The second kappa shape index (κ2) is 7.77. The molecule has 1 aliphatic rings. The molecule has 1 aliphatic heterocycles. The number of rotatable bonds is 6. The molecule has 1 N–H and O–H groups in total. The molecule has 2 unspecified atom stereocenters. The zero-order chi connectivity index (χ0) is 12.1. The van der Waals surface area contributed by atoms with E-state index < -0.39 is 0 Å². The third-order valence-corrected chi connectivity index (χ3v) is 3.46. The van der Waals surface area contributed by atoms with Gasteiger partial charge in [0, 0.05) is 31.9 Å². The van der Waals surface area contributed by atoms with Gasteiger partial charge in [-0.05, 0) is 32.3 Å². The molecule has 2 atom stereocenters. The Labute approximate surface area is 115 Å². The number of nitrogens with zero attached hydrogens (tertiary/aromatic N) is 2. The second-order valence-corrected chi connectivity index (χ2v) is 4.79. The van der Waals surface area contributed by atoms with Crippen molar-refractivity contribution in [3.05, 3.63) is 18.0 Å². The highest BCUT2D eigenvalue weighted by molar-refractivity contribution is 5.85. The lowest BCUT2D eigenvalue weighted by atomic mass is 10.2. The van der Waals surface area contributed by atoms with E-state index in [2.05, 4.69) is 35.0 Å². The van der Waals surface area contributed by atoms with Gasteiger partial charge in [-0.25, -0.2) is 0 Å². The van der Waals surface area contributed by atoms with E-state index in [-0.39, 0.29) is 12.4 Å². The Hall–Kier alpha value is -0.580. The van der Waals surface area contributed by atoms with Gasteiger partial charge in [-0.3, -0.25) is 4.68 Å². The van der Waals surface area contributed by atoms with Gasteiger partial charge < -0.3 is 10.1 Å². The Morgan fingerprint density at radius 2 is 2.44 bits per heavy atom. The molecule has 104 valence electrons. The topological polar surface area (TPSA) is 39.1 Å². The summed E-state index contributed by atoms with van der Waals surface area (Å²) in [5, 5.41) is 7.85. The molecule has 0 saturated carbocycles. The molecule has 1 aromatic rings. The van der Waals surface area contributed by atoms with Crippen LogP contribution in [0.5, 0.6) is 0 Å². The Kier molecular flexibility index (Phi) is 6.68.